The maximum Gasteiger partial charge on any atom is 0.407 e. The van der Waals surface area contributed by atoms with Crippen molar-refractivity contribution in [1.82, 2.24) is 10.6 Å². The van der Waals surface area contributed by atoms with Crippen LogP contribution in [0.4, 0.5) is 9.59 Å². The van der Waals surface area contributed by atoms with E-state index in [4.69, 9.17) is 9.47 Å². The van der Waals surface area contributed by atoms with E-state index in [0.29, 0.717) is 13.2 Å². The second-order valence-corrected chi connectivity index (χ2v) is 10.7. The lowest BCUT2D eigenvalue weighted by Gasteiger charge is -2.34. The molecule has 6 heteroatoms. The van der Waals surface area contributed by atoms with Gasteiger partial charge in [-0.05, 0) is 80.8 Å². The van der Waals surface area contributed by atoms with Gasteiger partial charge in [0.1, 0.15) is 0 Å². The number of amides is 2. The van der Waals surface area contributed by atoms with Gasteiger partial charge in [-0.25, -0.2) is 9.59 Å². The molecular formula is C31H42N2O4. The van der Waals surface area contributed by atoms with E-state index < -0.39 is 0 Å². The van der Waals surface area contributed by atoms with E-state index in [1.54, 1.807) is 0 Å². The zero-order valence-corrected chi connectivity index (χ0v) is 21.9. The zero-order valence-electron chi connectivity index (χ0n) is 21.9. The number of carbonyl (C=O) groups excluding carboxylic acids is 2. The van der Waals surface area contributed by atoms with Crippen LogP contribution in [0, 0.1) is 11.8 Å². The van der Waals surface area contributed by atoms with E-state index in [1.807, 2.05) is 60.7 Å². The molecule has 0 atom stereocenters. The van der Waals surface area contributed by atoms with Crippen LogP contribution >= 0.6 is 0 Å². The van der Waals surface area contributed by atoms with Gasteiger partial charge in [-0.15, -0.1) is 0 Å². The number of rotatable bonds is 10. The third-order valence-electron chi connectivity index (χ3n) is 7.94. The summed E-state index contributed by atoms with van der Waals surface area (Å²) in [6.45, 7) is 0.822. The average molecular weight is 507 g/mol. The molecule has 2 aromatic carbocycles. The summed E-state index contributed by atoms with van der Waals surface area (Å²) in [6, 6.07) is 20.6. The fourth-order valence-electron chi connectivity index (χ4n) is 5.79. The Kier molecular flexibility index (Phi) is 10.7. The molecule has 2 aromatic rings. The predicted octanol–water partition coefficient (Wildman–Crippen LogP) is 6.43. The van der Waals surface area contributed by atoms with Crippen LogP contribution < -0.4 is 10.6 Å². The number of carbonyl (C=O) groups is 2. The first-order valence-electron chi connectivity index (χ1n) is 14.1. The Morgan fingerprint density at radius 1 is 0.595 bits per heavy atom. The standard InChI is InChI=1S/C31H42N2O4/c34-30(36-21-19-24-7-3-1-4-8-24)32-28-15-11-26(12-16-28)23-27-13-17-29(18-14-27)33-31(35)37-22-20-25-9-5-2-6-10-25/h1-10,26-29H,11-23H2,(H,32,34)(H,33,35). The molecule has 4 rings (SSSR count). The Labute approximate surface area is 221 Å². The molecule has 2 amide bonds. The third-order valence-corrected chi connectivity index (χ3v) is 7.94. The van der Waals surface area contributed by atoms with Crippen molar-refractivity contribution in [2.45, 2.75) is 82.7 Å². The maximum atomic E-state index is 12.2. The molecule has 0 aromatic heterocycles. The fourth-order valence-corrected chi connectivity index (χ4v) is 5.79. The monoisotopic (exact) mass is 506 g/mol. The molecular weight excluding hydrogens is 464 g/mol. The summed E-state index contributed by atoms with van der Waals surface area (Å²) in [5.41, 5.74) is 2.36. The van der Waals surface area contributed by atoms with Crippen molar-refractivity contribution in [3.63, 3.8) is 0 Å². The van der Waals surface area contributed by atoms with E-state index in [2.05, 4.69) is 10.6 Å². The lowest BCUT2D eigenvalue weighted by atomic mass is 9.76. The normalized spacial score (nSPS) is 23.6. The van der Waals surface area contributed by atoms with Crippen LogP contribution in [0.3, 0.4) is 0 Å². The van der Waals surface area contributed by atoms with Gasteiger partial charge in [-0.1, -0.05) is 60.7 Å². The molecule has 0 spiro atoms. The highest BCUT2D eigenvalue weighted by atomic mass is 16.6. The number of benzene rings is 2. The van der Waals surface area contributed by atoms with Crippen molar-refractivity contribution < 1.29 is 19.1 Å². The van der Waals surface area contributed by atoms with Gasteiger partial charge in [0.25, 0.3) is 0 Å². The van der Waals surface area contributed by atoms with Gasteiger partial charge in [-0.3, -0.25) is 0 Å². The van der Waals surface area contributed by atoms with Crippen LogP contribution in [0.15, 0.2) is 60.7 Å². The highest BCUT2D eigenvalue weighted by Crippen LogP contribution is 2.35. The quantitative estimate of drug-likeness (QED) is 0.389. The van der Waals surface area contributed by atoms with Crippen molar-refractivity contribution >= 4 is 12.2 Å². The van der Waals surface area contributed by atoms with Crippen LogP contribution in [-0.2, 0) is 22.3 Å². The maximum absolute atomic E-state index is 12.2. The van der Waals surface area contributed by atoms with Gasteiger partial charge in [0.2, 0.25) is 0 Å². The molecule has 2 aliphatic carbocycles. The van der Waals surface area contributed by atoms with Gasteiger partial charge in [0.15, 0.2) is 0 Å². The number of nitrogens with one attached hydrogen (secondary N) is 2. The summed E-state index contributed by atoms with van der Waals surface area (Å²) in [4.78, 5) is 24.3. The van der Waals surface area contributed by atoms with E-state index in [9.17, 15) is 9.59 Å². The highest BCUT2D eigenvalue weighted by Gasteiger charge is 2.28. The first-order chi connectivity index (χ1) is 18.1. The molecule has 2 saturated carbocycles. The number of alkyl carbamates (subject to hydrolysis) is 2. The van der Waals surface area contributed by atoms with Crippen LogP contribution in [0.25, 0.3) is 0 Å². The molecule has 0 saturated heterocycles. The summed E-state index contributed by atoms with van der Waals surface area (Å²) >= 11 is 0. The van der Waals surface area contributed by atoms with Crippen molar-refractivity contribution in [2.24, 2.45) is 11.8 Å². The van der Waals surface area contributed by atoms with Gasteiger partial charge in [0.05, 0.1) is 13.2 Å². The third kappa shape index (κ3) is 9.75. The molecule has 0 heterocycles. The highest BCUT2D eigenvalue weighted by molar-refractivity contribution is 5.68. The largest absolute Gasteiger partial charge is 0.449 e. The summed E-state index contributed by atoms with van der Waals surface area (Å²) in [6.07, 6.45) is 11.0. The molecule has 0 unspecified atom stereocenters. The lowest BCUT2D eigenvalue weighted by molar-refractivity contribution is 0.134. The first-order valence-corrected chi connectivity index (χ1v) is 14.1. The second kappa shape index (κ2) is 14.7. The molecule has 2 N–H and O–H groups in total. The number of hydrogen-bond donors (Lipinski definition) is 2. The predicted molar refractivity (Wildman–Crippen MR) is 145 cm³/mol. The smallest absolute Gasteiger partial charge is 0.407 e. The van der Waals surface area contributed by atoms with Crippen LogP contribution in [0.2, 0.25) is 0 Å². The van der Waals surface area contributed by atoms with Gasteiger partial charge in [0, 0.05) is 24.9 Å². The zero-order chi connectivity index (χ0) is 25.7. The van der Waals surface area contributed by atoms with Crippen molar-refractivity contribution in [3.05, 3.63) is 71.8 Å². The number of ether oxygens (including phenoxy) is 2. The van der Waals surface area contributed by atoms with Gasteiger partial charge in [-0.2, -0.15) is 0 Å². The summed E-state index contributed by atoms with van der Waals surface area (Å²) in [5, 5.41) is 6.13. The second-order valence-electron chi connectivity index (χ2n) is 10.7. The van der Waals surface area contributed by atoms with Crippen molar-refractivity contribution in [3.8, 4) is 0 Å². The summed E-state index contributed by atoms with van der Waals surface area (Å²) in [7, 11) is 0. The van der Waals surface area contributed by atoms with Crippen molar-refractivity contribution in [2.75, 3.05) is 13.2 Å². The SMILES string of the molecule is O=C(NC1CCC(CC2CCC(NC(=O)OCCc3ccccc3)CC2)CC1)OCCc1ccccc1. The summed E-state index contributed by atoms with van der Waals surface area (Å²) in [5.74, 6) is 1.48. The Morgan fingerprint density at radius 3 is 1.35 bits per heavy atom. The van der Waals surface area contributed by atoms with Crippen LogP contribution in [0.1, 0.15) is 68.9 Å². The molecule has 200 valence electrons. The van der Waals surface area contributed by atoms with E-state index in [-0.39, 0.29) is 24.3 Å². The van der Waals surface area contributed by atoms with Gasteiger partial charge >= 0.3 is 12.2 Å². The Morgan fingerprint density at radius 2 is 0.973 bits per heavy atom. The molecule has 6 nitrogen and oxygen atoms in total. The number of hydrogen-bond acceptors (Lipinski definition) is 4. The molecule has 0 bridgehead atoms. The Balaban J connectivity index is 1.03. The van der Waals surface area contributed by atoms with Gasteiger partial charge < -0.3 is 20.1 Å². The van der Waals surface area contributed by atoms with E-state index in [1.165, 1.54) is 43.2 Å². The summed E-state index contributed by atoms with van der Waals surface area (Å²) < 4.78 is 10.8. The average Bonchev–Trinajstić information content (AvgIpc) is 2.92. The van der Waals surface area contributed by atoms with E-state index >= 15 is 0 Å². The topological polar surface area (TPSA) is 76.7 Å². The van der Waals surface area contributed by atoms with E-state index in [0.717, 1.165) is 50.4 Å². The molecule has 0 aliphatic heterocycles. The molecule has 37 heavy (non-hydrogen) atoms. The molecule has 2 fully saturated rings. The Bertz CT molecular complexity index is 859. The minimum atomic E-state index is -0.288. The molecule has 2 aliphatic rings. The van der Waals surface area contributed by atoms with Crippen LogP contribution in [-0.4, -0.2) is 37.5 Å². The first kappa shape index (κ1) is 27.0. The molecule has 0 radical (unpaired) electrons. The Hall–Kier alpha value is -3.02. The fraction of sp³-hybridized carbons (Fsp3) is 0.548. The minimum Gasteiger partial charge on any atom is -0.449 e. The minimum absolute atomic E-state index is 0.230. The van der Waals surface area contributed by atoms with Crippen molar-refractivity contribution in [1.29, 1.82) is 0 Å². The lowest BCUT2D eigenvalue weighted by Crippen LogP contribution is -2.39. The van der Waals surface area contributed by atoms with Crippen LogP contribution in [0.5, 0.6) is 0 Å².